The SMILES string of the molecule is COC(=O)CCCN(C)C(=O)c1sc(-c2ccccc2)nc1C. The van der Waals surface area contributed by atoms with Crippen molar-refractivity contribution in [2.24, 2.45) is 0 Å². The topological polar surface area (TPSA) is 59.5 Å². The number of carbonyl (C=O) groups is 2. The van der Waals surface area contributed by atoms with Gasteiger partial charge in [-0.15, -0.1) is 11.3 Å². The molecule has 0 fully saturated rings. The number of nitrogens with zero attached hydrogens (tertiary/aromatic N) is 2. The molecule has 23 heavy (non-hydrogen) atoms. The number of esters is 1. The summed E-state index contributed by atoms with van der Waals surface area (Å²) in [5.74, 6) is -0.321. The first kappa shape index (κ1) is 17.1. The molecule has 0 N–H and O–H groups in total. The predicted octanol–water partition coefficient (Wildman–Crippen LogP) is 3.14. The minimum Gasteiger partial charge on any atom is -0.469 e. The molecule has 0 radical (unpaired) electrons. The smallest absolute Gasteiger partial charge is 0.305 e. The Balaban J connectivity index is 2.05. The second-order valence-electron chi connectivity index (χ2n) is 5.21. The molecule has 1 amide bonds. The number of thiazole rings is 1. The molecule has 0 spiro atoms. The average molecular weight is 332 g/mol. The van der Waals surface area contributed by atoms with E-state index in [2.05, 4.69) is 9.72 Å². The monoisotopic (exact) mass is 332 g/mol. The van der Waals surface area contributed by atoms with Gasteiger partial charge in [0, 0.05) is 25.6 Å². The number of amides is 1. The zero-order chi connectivity index (χ0) is 16.8. The van der Waals surface area contributed by atoms with Crippen molar-refractivity contribution in [1.29, 1.82) is 0 Å². The Hall–Kier alpha value is -2.21. The molecule has 0 bridgehead atoms. The number of hydrogen-bond donors (Lipinski definition) is 0. The van der Waals surface area contributed by atoms with Crippen molar-refractivity contribution in [3.63, 3.8) is 0 Å². The molecule has 1 aromatic carbocycles. The van der Waals surface area contributed by atoms with E-state index >= 15 is 0 Å². The van der Waals surface area contributed by atoms with E-state index in [0.29, 0.717) is 24.3 Å². The van der Waals surface area contributed by atoms with E-state index < -0.39 is 0 Å². The van der Waals surface area contributed by atoms with E-state index in [1.165, 1.54) is 18.4 Å². The maximum atomic E-state index is 12.5. The van der Waals surface area contributed by atoms with Crippen molar-refractivity contribution in [3.05, 3.63) is 40.9 Å². The Morgan fingerprint density at radius 2 is 1.96 bits per heavy atom. The van der Waals surface area contributed by atoms with Crippen LogP contribution in [0.25, 0.3) is 10.6 Å². The number of carbonyl (C=O) groups excluding carboxylic acids is 2. The fourth-order valence-corrected chi connectivity index (χ4v) is 3.20. The highest BCUT2D eigenvalue weighted by molar-refractivity contribution is 7.17. The lowest BCUT2D eigenvalue weighted by Crippen LogP contribution is -2.28. The molecule has 0 atom stereocenters. The lowest BCUT2D eigenvalue weighted by Gasteiger charge is -2.15. The van der Waals surface area contributed by atoms with Gasteiger partial charge in [-0.05, 0) is 13.3 Å². The summed E-state index contributed by atoms with van der Waals surface area (Å²) >= 11 is 1.40. The summed E-state index contributed by atoms with van der Waals surface area (Å²) < 4.78 is 4.60. The molecule has 2 aromatic rings. The number of benzene rings is 1. The van der Waals surface area contributed by atoms with E-state index in [9.17, 15) is 9.59 Å². The first-order valence-corrected chi connectivity index (χ1v) is 8.19. The van der Waals surface area contributed by atoms with Crippen molar-refractivity contribution in [2.45, 2.75) is 19.8 Å². The van der Waals surface area contributed by atoms with Crippen LogP contribution in [0.4, 0.5) is 0 Å². The van der Waals surface area contributed by atoms with Gasteiger partial charge in [0.05, 0.1) is 12.8 Å². The van der Waals surface area contributed by atoms with Crippen LogP contribution in [-0.2, 0) is 9.53 Å². The summed E-state index contributed by atoms with van der Waals surface area (Å²) in [6.07, 6.45) is 0.892. The number of rotatable bonds is 6. The van der Waals surface area contributed by atoms with Crippen molar-refractivity contribution < 1.29 is 14.3 Å². The third-order valence-electron chi connectivity index (χ3n) is 3.46. The van der Waals surface area contributed by atoms with Crippen LogP contribution in [0.1, 0.15) is 28.2 Å². The fraction of sp³-hybridized carbons (Fsp3) is 0.353. The summed E-state index contributed by atoms with van der Waals surface area (Å²) in [6, 6.07) is 9.81. The summed E-state index contributed by atoms with van der Waals surface area (Å²) in [5.41, 5.74) is 1.74. The molecular weight excluding hydrogens is 312 g/mol. The van der Waals surface area contributed by atoms with Gasteiger partial charge in [0.25, 0.3) is 5.91 Å². The van der Waals surface area contributed by atoms with Crippen LogP contribution in [0.3, 0.4) is 0 Å². The van der Waals surface area contributed by atoms with Gasteiger partial charge >= 0.3 is 5.97 Å². The van der Waals surface area contributed by atoms with Gasteiger partial charge in [-0.1, -0.05) is 30.3 Å². The van der Waals surface area contributed by atoms with Crippen LogP contribution >= 0.6 is 11.3 Å². The van der Waals surface area contributed by atoms with Gasteiger partial charge in [0.1, 0.15) is 9.88 Å². The zero-order valence-electron chi connectivity index (χ0n) is 13.5. The van der Waals surface area contributed by atoms with E-state index in [-0.39, 0.29) is 11.9 Å². The number of ether oxygens (including phenoxy) is 1. The maximum absolute atomic E-state index is 12.5. The molecule has 0 aliphatic heterocycles. The Labute approximate surface area is 139 Å². The maximum Gasteiger partial charge on any atom is 0.305 e. The predicted molar refractivity (Wildman–Crippen MR) is 90.5 cm³/mol. The second kappa shape index (κ2) is 7.87. The molecule has 5 nitrogen and oxygen atoms in total. The molecule has 0 aliphatic carbocycles. The molecule has 1 aromatic heterocycles. The molecule has 6 heteroatoms. The molecule has 0 aliphatic rings. The summed E-state index contributed by atoms with van der Waals surface area (Å²) in [4.78, 5) is 30.4. The lowest BCUT2D eigenvalue weighted by atomic mass is 10.2. The largest absolute Gasteiger partial charge is 0.469 e. The Kier molecular flexibility index (Phi) is 5.87. The first-order valence-electron chi connectivity index (χ1n) is 7.38. The minimum absolute atomic E-state index is 0.0629. The number of aromatic nitrogens is 1. The number of methoxy groups -OCH3 is 1. The van der Waals surface area contributed by atoms with Gasteiger partial charge in [-0.3, -0.25) is 9.59 Å². The molecule has 2 rings (SSSR count). The van der Waals surface area contributed by atoms with Crippen LogP contribution in [0, 0.1) is 6.92 Å². The summed E-state index contributed by atoms with van der Waals surface area (Å²) in [5, 5.41) is 0.842. The van der Waals surface area contributed by atoms with Gasteiger partial charge < -0.3 is 9.64 Å². The first-order chi connectivity index (χ1) is 11.0. The summed E-state index contributed by atoms with van der Waals surface area (Å²) in [6.45, 7) is 2.35. The van der Waals surface area contributed by atoms with Crippen molar-refractivity contribution in [1.82, 2.24) is 9.88 Å². The van der Waals surface area contributed by atoms with Crippen LogP contribution in [-0.4, -0.2) is 42.5 Å². The van der Waals surface area contributed by atoms with Crippen molar-refractivity contribution >= 4 is 23.2 Å². The highest BCUT2D eigenvalue weighted by atomic mass is 32.1. The quantitative estimate of drug-likeness (QED) is 0.763. The standard InChI is InChI=1S/C17H20N2O3S/c1-12-15(17(21)19(2)11-7-10-14(20)22-3)23-16(18-12)13-8-5-4-6-9-13/h4-6,8-9H,7,10-11H2,1-3H3. The molecule has 1 heterocycles. The highest BCUT2D eigenvalue weighted by Crippen LogP contribution is 2.28. The van der Waals surface area contributed by atoms with Crippen molar-refractivity contribution in [2.75, 3.05) is 20.7 Å². The van der Waals surface area contributed by atoms with Crippen LogP contribution in [0.2, 0.25) is 0 Å². The second-order valence-corrected chi connectivity index (χ2v) is 6.21. The highest BCUT2D eigenvalue weighted by Gasteiger charge is 2.19. The number of hydrogen-bond acceptors (Lipinski definition) is 5. The molecule has 0 saturated heterocycles. The van der Waals surface area contributed by atoms with Gasteiger partial charge in [0.15, 0.2) is 0 Å². The average Bonchev–Trinajstić information content (AvgIpc) is 2.96. The van der Waals surface area contributed by atoms with Gasteiger partial charge in [-0.2, -0.15) is 0 Å². The Morgan fingerprint density at radius 1 is 1.26 bits per heavy atom. The van der Waals surface area contributed by atoms with Crippen LogP contribution < -0.4 is 0 Å². The normalized spacial score (nSPS) is 10.4. The van der Waals surface area contributed by atoms with E-state index in [4.69, 9.17) is 0 Å². The summed E-state index contributed by atoms with van der Waals surface area (Å²) in [7, 11) is 3.10. The van der Waals surface area contributed by atoms with Crippen molar-refractivity contribution in [3.8, 4) is 10.6 Å². The van der Waals surface area contributed by atoms with E-state index in [1.807, 2.05) is 37.3 Å². The molecule has 0 unspecified atom stereocenters. The third kappa shape index (κ3) is 4.39. The third-order valence-corrected chi connectivity index (χ3v) is 4.65. The molecule has 122 valence electrons. The van der Waals surface area contributed by atoms with Crippen LogP contribution in [0.5, 0.6) is 0 Å². The van der Waals surface area contributed by atoms with Gasteiger partial charge in [0.2, 0.25) is 0 Å². The Morgan fingerprint density at radius 3 is 2.61 bits per heavy atom. The van der Waals surface area contributed by atoms with E-state index in [0.717, 1.165) is 16.3 Å². The molecular formula is C17H20N2O3S. The number of aryl methyl sites for hydroxylation is 1. The zero-order valence-corrected chi connectivity index (χ0v) is 14.4. The van der Waals surface area contributed by atoms with Crippen LogP contribution in [0.15, 0.2) is 30.3 Å². The Bertz CT molecular complexity index is 682. The minimum atomic E-state index is -0.258. The van der Waals surface area contributed by atoms with E-state index in [1.54, 1.807) is 11.9 Å². The lowest BCUT2D eigenvalue weighted by molar-refractivity contribution is -0.140. The molecule has 0 saturated carbocycles. The fourth-order valence-electron chi connectivity index (χ4n) is 2.14. The van der Waals surface area contributed by atoms with Gasteiger partial charge in [-0.25, -0.2) is 4.98 Å².